The highest BCUT2D eigenvalue weighted by atomic mass is 32.2. The normalized spacial score (nSPS) is 11.1. The van der Waals surface area contributed by atoms with E-state index >= 15 is 0 Å². The Morgan fingerprint density at radius 3 is 2.27 bits per heavy atom. The van der Waals surface area contributed by atoms with E-state index in [0.717, 1.165) is 11.1 Å². The SMILES string of the molecule is Cc1ccc(CNC(=O)CCS(=O)(=O)c2ccccc2)cc1. The summed E-state index contributed by atoms with van der Waals surface area (Å²) in [6, 6.07) is 16.0. The van der Waals surface area contributed by atoms with Crippen LogP contribution in [0.15, 0.2) is 59.5 Å². The van der Waals surface area contributed by atoms with E-state index in [1.807, 2.05) is 31.2 Å². The number of aryl methyl sites for hydroxylation is 1. The zero-order valence-electron chi connectivity index (χ0n) is 12.5. The van der Waals surface area contributed by atoms with E-state index in [4.69, 9.17) is 0 Å². The first-order chi connectivity index (χ1) is 10.5. The number of hydrogen-bond donors (Lipinski definition) is 1. The summed E-state index contributed by atoms with van der Waals surface area (Å²) in [6.07, 6.45) is -0.0386. The van der Waals surface area contributed by atoms with E-state index < -0.39 is 9.84 Å². The van der Waals surface area contributed by atoms with Crippen LogP contribution in [0.5, 0.6) is 0 Å². The molecule has 0 radical (unpaired) electrons. The highest BCUT2D eigenvalue weighted by molar-refractivity contribution is 7.91. The van der Waals surface area contributed by atoms with Crippen LogP contribution in [0.4, 0.5) is 0 Å². The van der Waals surface area contributed by atoms with E-state index in [0.29, 0.717) is 6.54 Å². The molecular formula is C17H19NO3S. The van der Waals surface area contributed by atoms with Gasteiger partial charge in [0.2, 0.25) is 5.91 Å². The molecule has 0 heterocycles. The fraction of sp³-hybridized carbons (Fsp3) is 0.235. The van der Waals surface area contributed by atoms with Gasteiger partial charge in [0.25, 0.3) is 0 Å². The molecule has 0 spiro atoms. The molecule has 0 atom stereocenters. The van der Waals surface area contributed by atoms with Crippen LogP contribution in [0.2, 0.25) is 0 Å². The summed E-state index contributed by atoms with van der Waals surface area (Å²) >= 11 is 0. The molecule has 1 N–H and O–H groups in total. The van der Waals surface area contributed by atoms with Gasteiger partial charge in [-0.1, -0.05) is 48.0 Å². The quantitative estimate of drug-likeness (QED) is 0.890. The number of hydrogen-bond acceptors (Lipinski definition) is 3. The summed E-state index contributed by atoms with van der Waals surface area (Å²) in [5.74, 6) is -0.448. The van der Waals surface area contributed by atoms with Gasteiger partial charge >= 0.3 is 0 Å². The minimum atomic E-state index is -3.40. The Balaban J connectivity index is 1.84. The van der Waals surface area contributed by atoms with E-state index in [2.05, 4.69) is 5.32 Å². The highest BCUT2D eigenvalue weighted by Gasteiger charge is 2.15. The fourth-order valence-electron chi connectivity index (χ4n) is 1.97. The molecule has 0 aliphatic heterocycles. The second-order valence-corrected chi connectivity index (χ2v) is 7.25. The standard InChI is InChI=1S/C17H19NO3S/c1-14-7-9-15(10-8-14)13-18-17(19)11-12-22(20,21)16-5-3-2-4-6-16/h2-10H,11-13H2,1H3,(H,18,19). The van der Waals surface area contributed by atoms with Crippen molar-refractivity contribution in [1.82, 2.24) is 5.32 Å². The molecule has 0 aliphatic carbocycles. The van der Waals surface area contributed by atoms with Gasteiger partial charge in [-0.25, -0.2) is 8.42 Å². The van der Waals surface area contributed by atoms with E-state index in [9.17, 15) is 13.2 Å². The molecule has 2 aromatic rings. The predicted molar refractivity (Wildman–Crippen MR) is 86.1 cm³/mol. The van der Waals surface area contributed by atoms with Gasteiger partial charge < -0.3 is 5.32 Å². The average molecular weight is 317 g/mol. The molecule has 0 unspecified atom stereocenters. The van der Waals surface area contributed by atoms with Gasteiger partial charge in [0.1, 0.15) is 0 Å². The van der Waals surface area contributed by atoms with Crippen LogP contribution in [0, 0.1) is 6.92 Å². The maximum atomic E-state index is 12.1. The van der Waals surface area contributed by atoms with Crippen molar-refractivity contribution in [3.63, 3.8) is 0 Å². The summed E-state index contributed by atoms with van der Waals surface area (Å²) in [5.41, 5.74) is 2.15. The number of benzene rings is 2. The lowest BCUT2D eigenvalue weighted by atomic mass is 10.1. The third-order valence-corrected chi connectivity index (χ3v) is 5.04. The van der Waals surface area contributed by atoms with Crippen LogP contribution in [0.1, 0.15) is 17.5 Å². The van der Waals surface area contributed by atoms with Crippen molar-refractivity contribution in [2.75, 3.05) is 5.75 Å². The van der Waals surface area contributed by atoms with Crippen LogP contribution in [0.25, 0.3) is 0 Å². The van der Waals surface area contributed by atoms with E-state index in [-0.39, 0.29) is 23.0 Å². The smallest absolute Gasteiger partial charge is 0.221 e. The Morgan fingerprint density at radius 1 is 1.00 bits per heavy atom. The van der Waals surface area contributed by atoms with Crippen LogP contribution < -0.4 is 5.32 Å². The Kier molecular flexibility index (Phi) is 5.33. The van der Waals surface area contributed by atoms with E-state index in [1.54, 1.807) is 30.3 Å². The lowest BCUT2D eigenvalue weighted by molar-refractivity contribution is -0.120. The molecule has 0 bridgehead atoms. The van der Waals surface area contributed by atoms with Gasteiger partial charge in [0.05, 0.1) is 10.6 Å². The van der Waals surface area contributed by atoms with Crippen molar-refractivity contribution in [1.29, 1.82) is 0 Å². The van der Waals surface area contributed by atoms with Crippen LogP contribution in [0.3, 0.4) is 0 Å². The number of rotatable bonds is 6. The van der Waals surface area contributed by atoms with Gasteiger partial charge in [0, 0.05) is 13.0 Å². The van der Waals surface area contributed by atoms with Crippen LogP contribution >= 0.6 is 0 Å². The molecule has 2 rings (SSSR count). The first kappa shape index (κ1) is 16.2. The molecule has 0 aromatic heterocycles. The van der Waals surface area contributed by atoms with Crippen molar-refractivity contribution in [3.8, 4) is 0 Å². The zero-order valence-corrected chi connectivity index (χ0v) is 13.3. The molecule has 0 saturated heterocycles. The van der Waals surface area contributed by atoms with Crippen LogP contribution in [-0.4, -0.2) is 20.1 Å². The lowest BCUT2D eigenvalue weighted by Crippen LogP contribution is -2.25. The van der Waals surface area contributed by atoms with Gasteiger partial charge in [-0.2, -0.15) is 0 Å². The Labute approximate surface area is 131 Å². The molecule has 0 fully saturated rings. The van der Waals surface area contributed by atoms with Crippen molar-refractivity contribution in [2.45, 2.75) is 24.8 Å². The van der Waals surface area contributed by atoms with Crippen molar-refractivity contribution in [2.24, 2.45) is 0 Å². The molecule has 1 amide bonds. The fourth-order valence-corrected chi connectivity index (χ4v) is 3.23. The number of carbonyl (C=O) groups excluding carboxylic acids is 1. The maximum absolute atomic E-state index is 12.1. The second-order valence-electron chi connectivity index (χ2n) is 5.14. The van der Waals surface area contributed by atoms with Crippen molar-refractivity contribution < 1.29 is 13.2 Å². The highest BCUT2D eigenvalue weighted by Crippen LogP contribution is 2.11. The largest absolute Gasteiger partial charge is 0.352 e. The summed E-state index contributed by atoms with van der Waals surface area (Å²) in [6.45, 7) is 2.40. The van der Waals surface area contributed by atoms with Crippen molar-refractivity contribution in [3.05, 3.63) is 65.7 Å². The number of amides is 1. The first-order valence-corrected chi connectivity index (χ1v) is 8.73. The Bertz CT molecular complexity index is 722. The van der Waals surface area contributed by atoms with Gasteiger partial charge in [-0.05, 0) is 24.6 Å². The summed E-state index contributed by atoms with van der Waals surface area (Å²) in [7, 11) is -3.40. The molecule has 0 aliphatic rings. The molecule has 5 heteroatoms. The summed E-state index contributed by atoms with van der Waals surface area (Å²) in [4.78, 5) is 12.0. The molecule has 2 aromatic carbocycles. The number of nitrogens with one attached hydrogen (secondary N) is 1. The molecular weight excluding hydrogens is 298 g/mol. The average Bonchev–Trinajstić information content (AvgIpc) is 2.53. The van der Waals surface area contributed by atoms with Gasteiger partial charge in [-0.15, -0.1) is 0 Å². The van der Waals surface area contributed by atoms with Crippen LogP contribution in [-0.2, 0) is 21.2 Å². The maximum Gasteiger partial charge on any atom is 0.221 e. The number of carbonyl (C=O) groups is 1. The number of sulfone groups is 1. The third-order valence-electron chi connectivity index (χ3n) is 3.31. The Hall–Kier alpha value is -2.14. The minimum Gasteiger partial charge on any atom is -0.352 e. The first-order valence-electron chi connectivity index (χ1n) is 7.07. The van der Waals surface area contributed by atoms with E-state index in [1.165, 1.54) is 0 Å². The lowest BCUT2D eigenvalue weighted by Gasteiger charge is -2.07. The third kappa shape index (κ3) is 4.70. The Morgan fingerprint density at radius 2 is 1.64 bits per heavy atom. The molecule has 22 heavy (non-hydrogen) atoms. The molecule has 4 nitrogen and oxygen atoms in total. The topological polar surface area (TPSA) is 63.2 Å². The summed E-state index contributed by atoms with van der Waals surface area (Å²) in [5, 5.41) is 2.74. The van der Waals surface area contributed by atoms with Crippen molar-refractivity contribution >= 4 is 15.7 Å². The monoisotopic (exact) mass is 317 g/mol. The van der Waals surface area contributed by atoms with Gasteiger partial charge in [-0.3, -0.25) is 4.79 Å². The molecule has 116 valence electrons. The van der Waals surface area contributed by atoms with Gasteiger partial charge in [0.15, 0.2) is 9.84 Å². The minimum absolute atomic E-state index is 0.0386. The molecule has 0 saturated carbocycles. The summed E-state index contributed by atoms with van der Waals surface area (Å²) < 4.78 is 24.1. The predicted octanol–water partition coefficient (Wildman–Crippen LogP) is 2.48. The second kappa shape index (κ2) is 7.22. The zero-order chi connectivity index (χ0) is 16.0.